The first kappa shape index (κ1) is 12.9. The van der Waals surface area contributed by atoms with Gasteiger partial charge < -0.3 is 4.74 Å². The van der Waals surface area contributed by atoms with Gasteiger partial charge in [0.25, 0.3) is 0 Å². The van der Waals surface area contributed by atoms with E-state index in [0.717, 1.165) is 10.6 Å². The molecule has 0 saturated heterocycles. The standard InChI is InChI=1S/C11H16N2O2S/c1-8(11(14)13-12)7-16-10-5-3-4-9(6-10)15-2/h3-6,8H,7,12H2,1-2H3,(H,13,14). The van der Waals surface area contributed by atoms with Crippen LogP contribution in [0.3, 0.4) is 0 Å². The van der Waals surface area contributed by atoms with Crippen molar-refractivity contribution in [2.45, 2.75) is 11.8 Å². The number of nitrogens with one attached hydrogen (secondary N) is 1. The normalized spacial score (nSPS) is 11.9. The molecule has 0 aliphatic rings. The molecule has 0 fully saturated rings. The summed E-state index contributed by atoms with van der Waals surface area (Å²) in [5.41, 5.74) is 2.15. The maximum absolute atomic E-state index is 11.2. The molecule has 0 heterocycles. The summed E-state index contributed by atoms with van der Waals surface area (Å²) in [5, 5.41) is 0. The highest BCUT2D eigenvalue weighted by atomic mass is 32.2. The topological polar surface area (TPSA) is 64.3 Å². The molecule has 1 unspecified atom stereocenters. The molecular weight excluding hydrogens is 224 g/mol. The predicted octanol–water partition coefficient (Wildman–Crippen LogP) is 1.41. The molecule has 88 valence electrons. The molecule has 1 rings (SSSR count). The lowest BCUT2D eigenvalue weighted by molar-refractivity contribution is -0.123. The molecule has 1 amide bonds. The Hall–Kier alpha value is -1.20. The molecule has 0 bridgehead atoms. The van der Waals surface area contributed by atoms with Crippen molar-refractivity contribution in [1.29, 1.82) is 0 Å². The van der Waals surface area contributed by atoms with Crippen molar-refractivity contribution in [3.63, 3.8) is 0 Å². The molecule has 0 spiro atoms. The van der Waals surface area contributed by atoms with E-state index in [9.17, 15) is 4.79 Å². The van der Waals surface area contributed by atoms with Gasteiger partial charge in [-0.2, -0.15) is 0 Å². The van der Waals surface area contributed by atoms with Crippen molar-refractivity contribution in [3.8, 4) is 5.75 Å². The molecule has 5 heteroatoms. The number of thioether (sulfide) groups is 1. The monoisotopic (exact) mass is 240 g/mol. The van der Waals surface area contributed by atoms with Gasteiger partial charge in [-0.3, -0.25) is 10.2 Å². The van der Waals surface area contributed by atoms with Crippen LogP contribution in [0.2, 0.25) is 0 Å². The molecule has 1 atom stereocenters. The van der Waals surface area contributed by atoms with Gasteiger partial charge in [-0.05, 0) is 18.2 Å². The molecule has 4 nitrogen and oxygen atoms in total. The Morgan fingerprint density at radius 1 is 1.62 bits per heavy atom. The molecule has 1 aromatic carbocycles. The first-order valence-corrected chi connectivity index (χ1v) is 5.93. The number of hydrogen-bond donors (Lipinski definition) is 2. The van der Waals surface area contributed by atoms with Crippen LogP contribution in [0, 0.1) is 5.92 Å². The number of benzene rings is 1. The number of amides is 1. The first-order valence-electron chi connectivity index (χ1n) is 4.94. The summed E-state index contributed by atoms with van der Waals surface area (Å²) < 4.78 is 5.12. The second-order valence-electron chi connectivity index (χ2n) is 3.40. The zero-order valence-electron chi connectivity index (χ0n) is 9.40. The smallest absolute Gasteiger partial charge is 0.237 e. The van der Waals surface area contributed by atoms with Crippen molar-refractivity contribution in [3.05, 3.63) is 24.3 Å². The Morgan fingerprint density at radius 3 is 3.00 bits per heavy atom. The Kier molecular flexibility index (Phi) is 5.14. The Morgan fingerprint density at radius 2 is 2.38 bits per heavy atom. The fourth-order valence-electron chi connectivity index (χ4n) is 1.13. The van der Waals surface area contributed by atoms with Gasteiger partial charge in [0, 0.05) is 16.6 Å². The van der Waals surface area contributed by atoms with E-state index in [1.165, 1.54) is 0 Å². The summed E-state index contributed by atoms with van der Waals surface area (Å²) in [6, 6.07) is 7.74. The van der Waals surface area contributed by atoms with E-state index < -0.39 is 0 Å². The van der Waals surface area contributed by atoms with E-state index in [1.54, 1.807) is 18.9 Å². The van der Waals surface area contributed by atoms with Crippen LogP contribution in [0.25, 0.3) is 0 Å². The molecular formula is C11H16N2O2S. The molecule has 0 radical (unpaired) electrons. The van der Waals surface area contributed by atoms with Gasteiger partial charge in [0.15, 0.2) is 0 Å². The summed E-state index contributed by atoms with van der Waals surface area (Å²) in [6.45, 7) is 1.84. The molecule has 0 aliphatic carbocycles. The number of carbonyl (C=O) groups excluding carboxylic acids is 1. The summed E-state index contributed by atoms with van der Waals surface area (Å²) in [6.07, 6.45) is 0. The van der Waals surface area contributed by atoms with Gasteiger partial charge in [-0.1, -0.05) is 13.0 Å². The lowest BCUT2D eigenvalue weighted by atomic mass is 10.2. The predicted molar refractivity (Wildman–Crippen MR) is 65.2 cm³/mol. The van der Waals surface area contributed by atoms with E-state index >= 15 is 0 Å². The molecule has 0 aromatic heterocycles. The minimum absolute atomic E-state index is 0.110. The minimum atomic E-state index is -0.143. The van der Waals surface area contributed by atoms with Crippen LogP contribution < -0.4 is 16.0 Å². The third-order valence-corrected chi connectivity index (χ3v) is 3.38. The summed E-state index contributed by atoms with van der Waals surface area (Å²) in [4.78, 5) is 12.3. The number of hydrazine groups is 1. The molecule has 0 aliphatic heterocycles. The van der Waals surface area contributed by atoms with Crippen molar-refractivity contribution in [1.82, 2.24) is 5.43 Å². The average molecular weight is 240 g/mol. The van der Waals surface area contributed by atoms with Gasteiger partial charge in [0.2, 0.25) is 5.91 Å². The maximum atomic E-state index is 11.2. The third kappa shape index (κ3) is 3.75. The third-order valence-electron chi connectivity index (χ3n) is 2.13. The number of nitrogens with two attached hydrogens (primary N) is 1. The fourth-order valence-corrected chi connectivity index (χ4v) is 2.10. The van der Waals surface area contributed by atoms with Crippen LogP contribution in [0.1, 0.15) is 6.92 Å². The molecule has 1 aromatic rings. The van der Waals surface area contributed by atoms with Crippen molar-refractivity contribution < 1.29 is 9.53 Å². The Bertz CT molecular complexity index is 358. The summed E-state index contributed by atoms with van der Waals surface area (Å²) >= 11 is 1.61. The number of rotatable bonds is 5. The number of ether oxygens (including phenoxy) is 1. The van der Waals surface area contributed by atoms with E-state index in [4.69, 9.17) is 10.6 Å². The van der Waals surface area contributed by atoms with Crippen molar-refractivity contribution in [2.75, 3.05) is 12.9 Å². The van der Waals surface area contributed by atoms with Crippen molar-refractivity contribution >= 4 is 17.7 Å². The zero-order valence-corrected chi connectivity index (χ0v) is 10.2. The van der Waals surface area contributed by atoms with Gasteiger partial charge in [-0.15, -0.1) is 11.8 Å². The Labute approximate surface area is 99.5 Å². The lowest BCUT2D eigenvalue weighted by Crippen LogP contribution is -2.35. The number of carbonyl (C=O) groups is 1. The highest BCUT2D eigenvalue weighted by Gasteiger charge is 2.11. The largest absolute Gasteiger partial charge is 0.497 e. The van der Waals surface area contributed by atoms with Gasteiger partial charge in [-0.25, -0.2) is 5.84 Å². The van der Waals surface area contributed by atoms with E-state index in [0.29, 0.717) is 5.75 Å². The average Bonchev–Trinajstić information content (AvgIpc) is 2.35. The Balaban J connectivity index is 2.51. The number of methoxy groups -OCH3 is 1. The highest BCUT2D eigenvalue weighted by Crippen LogP contribution is 2.24. The molecule has 16 heavy (non-hydrogen) atoms. The molecule has 0 saturated carbocycles. The quantitative estimate of drug-likeness (QED) is 0.353. The lowest BCUT2D eigenvalue weighted by Gasteiger charge is -2.09. The van der Waals surface area contributed by atoms with E-state index in [-0.39, 0.29) is 11.8 Å². The van der Waals surface area contributed by atoms with Crippen LogP contribution in [0.4, 0.5) is 0 Å². The van der Waals surface area contributed by atoms with Gasteiger partial charge >= 0.3 is 0 Å². The maximum Gasteiger partial charge on any atom is 0.237 e. The van der Waals surface area contributed by atoms with Crippen LogP contribution in [0.5, 0.6) is 5.75 Å². The van der Waals surface area contributed by atoms with E-state index in [1.807, 2.05) is 31.2 Å². The fraction of sp³-hybridized carbons (Fsp3) is 0.364. The van der Waals surface area contributed by atoms with Crippen LogP contribution in [-0.4, -0.2) is 18.8 Å². The van der Waals surface area contributed by atoms with Crippen LogP contribution in [-0.2, 0) is 4.79 Å². The van der Waals surface area contributed by atoms with Gasteiger partial charge in [0.1, 0.15) is 5.75 Å². The second-order valence-corrected chi connectivity index (χ2v) is 4.49. The van der Waals surface area contributed by atoms with Gasteiger partial charge in [0.05, 0.1) is 7.11 Å². The molecule has 3 N–H and O–H groups in total. The highest BCUT2D eigenvalue weighted by molar-refractivity contribution is 7.99. The van der Waals surface area contributed by atoms with E-state index in [2.05, 4.69) is 5.43 Å². The zero-order chi connectivity index (χ0) is 12.0. The van der Waals surface area contributed by atoms with Crippen molar-refractivity contribution in [2.24, 2.45) is 11.8 Å². The SMILES string of the molecule is COc1cccc(SCC(C)C(=O)NN)c1. The van der Waals surface area contributed by atoms with Crippen LogP contribution >= 0.6 is 11.8 Å². The summed E-state index contributed by atoms with van der Waals surface area (Å²) in [5.74, 6) is 6.32. The number of hydrogen-bond acceptors (Lipinski definition) is 4. The summed E-state index contributed by atoms with van der Waals surface area (Å²) in [7, 11) is 1.63. The minimum Gasteiger partial charge on any atom is -0.497 e. The second kappa shape index (κ2) is 6.40. The first-order chi connectivity index (χ1) is 7.67. The van der Waals surface area contributed by atoms with Crippen LogP contribution in [0.15, 0.2) is 29.2 Å².